The van der Waals surface area contributed by atoms with Crippen LogP contribution in [-0.2, 0) is 22.4 Å². The molecule has 0 amide bonds. The molecule has 0 aliphatic carbocycles. The van der Waals surface area contributed by atoms with E-state index < -0.39 is 0 Å². The summed E-state index contributed by atoms with van der Waals surface area (Å²) in [5, 5.41) is 8.76. The number of benzene rings is 1. The summed E-state index contributed by atoms with van der Waals surface area (Å²) in [6.45, 7) is 4.21. The zero-order valence-corrected chi connectivity index (χ0v) is 10.3. The Hall–Kier alpha value is -1.82. The van der Waals surface area contributed by atoms with Crippen LogP contribution in [0.15, 0.2) is 18.2 Å². The molecule has 17 heavy (non-hydrogen) atoms. The average molecular weight is 231 g/mol. The van der Waals surface area contributed by atoms with Gasteiger partial charge in [-0.15, -0.1) is 0 Å². The first-order chi connectivity index (χ1) is 8.17. The first-order valence-corrected chi connectivity index (χ1v) is 5.78. The topological polar surface area (TPSA) is 50.1 Å². The Labute approximate surface area is 102 Å². The lowest BCUT2D eigenvalue weighted by Gasteiger charge is -2.07. The number of carbonyl (C=O) groups is 1. The molecule has 0 N–H and O–H groups in total. The molecule has 3 nitrogen and oxygen atoms in total. The van der Waals surface area contributed by atoms with Gasteiger partial charge in [0.2, 0.25) is 0 Å². The SMILES string of the molecule is CCOC(=O)CCc1ccc(C)cc1CC#N. The minimum absolute atomic E-state index is 0.184. The number of rotatable bonds is 5. The van der Waals surface area contributed by atoms with Crippen LogP contribution in [-0.4, -0.2) is 12.6 Å². The maximum atomic E-state index is 11.3. The molecule has 3 heteroatoms. The van der Waals surface area contributed by atoms with Crippen LogP contribution in [0.2, 0.25) is 0 Å². The first kappa shape index (κ1) is 13.2. The van der Waals surface area contributed by atoms with E-state index in [0.717, 1.165) is 16.7 Å². The molecule has 1 aromatic carbocycles. The highest BCUT2D eigenvalue weighted by Gasteiger charge is 2.06. The summed E-state index contributed by atoms with van der Waals surface area (Å²) < 4.78 is 4.88. The van der Waals surface area contributed by atoms with E-state index in [1.165, 1.54) is 0 Å². The van der Waals surface area contributed by atoms with Gasteiger partial charge in [0.1, 0.15) is 0 Å². The van der Waals surface area contributed by atoms with Crippen LogP contribution in [0, 0.1) is 18.3 Å². The lowest BCUT2D eigenvalue weighted by molar-refractivity contribution is -0.143. The second-order valence-electron chi connectivity index (χ2n) is 3.91. The Balaban J connectivity index is 2.70. The van der Waals surface area contributed by atoms with Gasteiger partial charge in [-0.1, -0.05) is 23.8 Å². The number of aryl methyl sites for hydroxylation is 2. The third-order valence-electron chi connectivity index (χ3n) is 2.54. The molecule has 0 unspecified atom stereocenters. The highest BCUT2D eigenvalue weighted by atomic mass is 16.5. The normalized spacial score (nSPS) is 9.71. The average Bonchev–Trinajstić information content (AvgIpc) is 2.29. The molecule has 1 rings (SSSR count). The minimum atomic E-state index is -0.184. The van der Waals surface area contributed by atoms with E-state index in [4.69, 9.17) is 10.00 Å². The van der Waals surface area contributed by atoms with Crippen LogP contribution in [0.4, 0.5) is 0 Å². The predicted octanol–water partition coefficient (Wildman–Crippen LogP) is 2.56. The number of nitriles is 1. The van der Waals surface area contributed by atoms with Gasteiger partial charge in [0, 0.05) is 6.42 Å². The second-order valence-corrected chi connectivity index (χ2v) is 3.91. The van der Waals surface area contributed by atoms with Crippen molar-refractivity contribution in [3.05, 3.63) is 34.9 Å². The molecule has 0 bridgehead atoms. The molecule has 0 aliphatic rings. The van der Waals surface area contributed by atoms with E-state index >= 15 is 0 Å². The van der Waals surface area contributed by atoms with Gasteiger partial charge in [0.25, 0.3) is 0 Å². The van der Waals surface area contributed by atoms with Crippen LogP contribution in [0.3, 0.4) is 0 Å². The summed E-state index contributed by atoms with van der Waals surface area (Å²) in [6, 6.07) is 8.14. The molecule has 0 heterocycles. The highest BCUT2D eigenvalue weighted by molar-refractivity contribution is 5.69. The van der Waals surface area contributed by atoms with Gasteiger partial charge in [-0.05, 0) is 31.4 Å². The van der Waals surface area contributed by atoms with E-state index in [2.05, 4.69) is 6.07 Å². The number of hydrogen-bond acceptors (Lipinski definition) is 3. The van der Waals surface area contributed by atoms with Crippen LogP contribution < -0.4 is 0 Å². The van der Waals surface area contributed by atoms with E-state index in [1.807, 2.05) is 25.1 Å². The molecular weight excluding hydrogens is 214 g/mol. The van der Waals surface area contributed by atoms with Crippen molar-refractivity contribution in [2.45, 2.75) is 33.1 Å². The third kappa shape index (κ3) is 4.28. The van der Waals surface area contributed by atoms with Gasteiger partial charge in [-0.25, -0.2) is 0 Å². The number of esters is 1. The van der Waals surface area contributed by atoms with Crippen molar-refractivity contribution in [2.75, 3.05) is 6.61 Å². The molecule has 90 valence electrons. The van der Waals surface area contributed by atoms with E-state index in [-0.39, 0.29) is 5.97 Å². The Bertz CT molecular complexity index is 432. The fourth-order valence-electron chi connectivity index (χ4n) is 1.72. The van der Waals surface area contributed by atoms with Crippen LogP contribution in [0.25, 0.3) is 0 Å². The lowest BCUT2D eigenvalue weighted by Crippen LogP contribution is -2.06. The van der Waals surface area contributed by atoms with E-state index in [0.29, 0.717) is 25.9 Å². The predicted molar refractivity (Wildman–Crippen MR) is 65.5 cm³/mol. The summed E-state index contributed by atoms with van der Waals surface area (Å²) in [4.78, 5) is 11.3. The minimum Gasteiger partial charge on any atom is -0.466 e. The standard InChI is InChI=1S/C14H17NO2/c1-3-17-14(16)7-6-12-5-4-11(2)10-13(12)8-9-15/h4-5,10H,3,6-8H2,1-2H3. The second kappa shape index (κ2) is 6.70. The van der Waals surface area contributed by atoms with Crippen molar-refractivity contribution >= 4 is 5.97 Å². The van der Waals surface area contributed by atoms with Crippen LogP contribution in [0.5, 0.6) is 0 Å². The molecule has 0 atom stereocenters. The molecule has 0 saturated carbocycles. The molecule has 1 aromatic rings. The smallest absolute Gasteiger partial charge is 0.306 e. The third-order valence-corrected chi connectivity index (χ3v) is 2.54. The molecule has 0 fully saturated rings. The first-order valence-electron chi connectivity index (χ1n) is 5.78. The molecule has 0 saturated heterocycles. The fraction of sp³-hybridized carbons (Fsp3) is 0.429. The Morgan fingerprint density at radius 2 is 2.18 bits per heavy atom. The summed E-state index contributed by atoms with van der Waals surface area (Å²) >= 11 is 0. The molecule has 0 spiro atoms. The zero-order chi connectivity index (χ0) is 12.7. The van der Waals surface area contributed by atoms with Gasteiger partial charge in [-0.2, -0.15) is 5.26 Å². The fourth-order valence-corrected chi connectivity index (χ4v) is 1.72. The van der Waals surface area contributed by atoms with Gasteiger partial charge in [0.15, 0.2) is 0 Å². The van der Waals surface area contributed by atoms with Gasteiger partial charge in [0.05, 0.1) is 19.1 Å². The van der Waals surface area contributed by atoms with E-state index in [9.17, 15) is 4.79 Å². The van der Waals surface area contributed by atoms with Crippen molar-refractivity contribution in [2.24, 2.45) is 0 Å². The molecule has 0 aromatic heterocycles. The zero-order valence-electron chi connectivity index (χ0n) is 10.3. The van der Waals surface area contributed by atoms with Crippen LogP contribution >= 0.6 is 0 Å². The van der Waals surface area contributed by atoms with Crippen molar-refractivity contribution in [1.29, 1.82) is 5.26 Å². The Morgan fingerprint density at radius 3 is 2.82 bits per heavy atom. The highest BCUT2D eigenvalue weighted by Crippen LogP contribution is 2.14. The lowest BCUT2D eigenvalue weighted by atomic mass is 9.99. The quantitative estimate of drug-likeness (QED) is 0.732. The molecule has 0 radical (unpaired) electrons. The maximum Gasteiger partial charge on any atom is 0.306 e. The summed E-state index contributed by atoms with van der Waals surface area (Å²) in [5.74, 6) is -0.184. The monoisotopic (exact) mass is 231 g/mol. The van der Waals surface area contributed by atoms with Crippen molar-refractivity contribution < 1.29 is 9.53 Å². The summed E-state index contributed by atoms with van der Waals surface area (Å²) in [5.41, 5.74) is 3.21. The Kier molecular flexibility index (Phi) is 5.22. The van der Waals surface area contributed by atoms with Gasteiger partial charge >= 0.3 is 5.97 Å². The van der Waals surface area contributed by atoms with Crippen molar-refractivity contribution in [3.63, 3.8) is 0 Å². The summed E-state index contributed by atoms with van der Waals surface area (Å²) in [7, 11) is 0. The largest absolute Gasteiger partial charge is 0.466 e. The molecule has 0 aliphatic heterocycles. The van der Waals surface area contributed by atoms with Crippen molar-refractivity contribution in [3.8, 4) is 6.07 Å². The molecular formula is C14H17NO2. The number of carbonyl (C=O) groups excluding carboxylic acids is 1. The van der Waals surface area contributed by atoms with Gasteiger partial charge in [-0.3, -0.25) is 4.79 Å². The maximum absolute atomic E-state index is 11.3. The van der Waals surface area contributed by atoms with Crippen LogP contribution in [0.1, 0.15) is 30.0 Å². The van der Waals surface area contributed by atoms with E-state index in [1.54, 1.807) is 6.92 Å². The number of hydrogen-bond donors (Lipinski definition) is 0. The van der Waals surface area contributed by atoms with Gasteiger partial charge < -0.3 is 4.74 Å². The summed E-state index contributed by atoms with van der Waals surface area (Å²) in [6.07, 6.45) is 1.39. The Morgan fingerprint density at radius 1 is 1.41 bits per heavy atom. The number of ether oxygens (including phenoxy) is 1. The number of nitrogens with zero attached hydrogens (tertiary/aromatic N) is 1. The van der Waals surface area contributed by atoms with Crippen molar-refractivity contribution in [1.82, 2.24) is 0 Å².